The number of ether oxygens (including phenoxy) is 2. The number of hydrogen-bond acceptors (Lipinski definition) is 4. The summed E-state index contributed by atoms with van der Waals surface area (Å²) in [5, 5.41) is 0. The van der Waals surface area contributed by atoms with Gasteiger partial charge in [0, 0.05) is 18.9 Å². The van der Waals surface area contributed by atoms with Crippen LogP contribution in [0.25, 0.3) is 0 Å². The van der Waals surface area contributed by atoms with Gasteiger partial charge in [0.05, 0.1) is 18.4 Å². The topological polar surface area (TPSA) is 52.6 Å². The third kappa shape index (κ3) is 4.84. The van der Waals surface area contributed by atoms with Gasteiger partial charge in [-0.1, -0.05) is 6.58 Å². The Bertz CT molecular complexity index is 732. The second-order valence-electron chi connectivity index (χ2n) is 9.17. The molecule has 0 aromatic rings. The van der Waals surface area contributed by atoms with Gasteiger partial charge in [-0.05, 0) is 43.9 Å². The largest absolute Gasteiger partial charge is 0.465 e. The quantitative estimate of drug-likeness (QED) is 0.284. The maximum absolute atomic E-state index is 13.7. The molecule has 0 aromatic heterocycles. The fraction of sp³-hybridized carbons (Fsp3) is 0.800. The van der Waals surface area contributed by atoms with Gasteiger partial charge in [-0.15, -0.1) is 0 Å². The molecular formula is C20H23F7O4. The van der Waals surface area contributed by atoms with Gasteiger partial charge in [-0.25, -0.2) is 13.6 Å². The Hall–Kier alpha value is -1.81. The normalized spacial score (nSPS) is 32.6. The fourth-order valence-electron chi connectivity index (χ4n) is 5.75. The van der Waals surface area contributed by atoms with Crippen LogP contribution in [0.4, 0.5) is 30.7 Å². The van der Waals surface area contributed by atoms with Crippen LogP contribution in [0.1, 0.15) is 51.4 Å². The maximum atomic E-state index is 13.7. The second-order valence-corrected chi connectivity index (χ2v) is 9.17. The van der Waals surface area contributed by atoms with Crippen molar-refractivity contribution < 1.29 is 49.8 Å². The Balaban J connectivity index is 1.62. The summed E-state index contributed by atoms with van der Waals surface area (Å²) in [6.07, 6.45) is -6.24. The van der Waals surface area contributed by atoms with Crippen molar-refractivity contribution >= 4 is 11.9 Å². The first-order valence-corrected chi connectivity index (χ1v) is 9.96. The van der Waals surface area contributed by atoms with E-state index in [4.69, 9.17) is 9.47 Å². The van der Waals surface area contributed by atoms with Crippen molar-refractivity contribution in [2.45, 2.75) is 75.0 Å². The Labute approximate surface area is 174 Å². The van der Waals surface area contributed by atoms with Gasteiger partial charge in [-0.3, -0.25) is 4.79 Å². The van der Waals surface area contributed by atoms with E-state index in [9.17, 15) is 40.3 Å². The summed E-state index contributed by atoms with van der Waals surface area (Å²) in [5.41, 5.74) is -1.91. The molecule has 0 heterocycles. The van der Waals surface area contributed by atoms with Crippen LogP contribution in [-0.2, 0) is 19.1 Å². The average Bonchev–Trinajstić information content (AvgIpc) is 2.57. The summed E-state index contributed by atoms with van der Waals surface area (Å²) in [4.78, 5) is 24.5. The van der Waals surface area contributed by atoms with Crippen molar-refractivity contribution in [1.29, 1.82) is 0 Å². The van der Waals surface area contributed by atoms with Crippen molar-refractivity contribution in [3.8, 4) is 0 Å². The van der Waals surface area contributed by atoms with Crippen LogP contribution in [0, 0.1) is 17.3 Å². The molecule has 4 fully saturated rings. The van der Waals surface area contributed by atoms with Gasteiger partial charge in [0.15, 0.2) is 0 Å². The number of rotatable bonds is 8. The van der Waals surface area contributed by atoms with Crippen molar-refractivity contribution in [2.75, 3.05) is 6.61 Å². The number of alkyl halides is 7. The molecule has 0 aliphatic heterocycles. The van der Waals surface area contributed by atoms with E-state index in [2.05, 4.69) is 6.58 Å². The Kier molecular flexibility index (Phi) is 5.89. The van der Waals surface area contributed by atoms with E-state index in [1.807, 2.05) is 0 Å². The summed E-state index contributed by atoms with van der Waals surface area (Å²) in [5.74, 6) is -11.2. The minimum Gasteiger partial charge on any atom is -0.465 e. The lowest BCUT2D eigenvalue weighted by Gasteiger charge is -2.59. The van der Waals surface area contributed by atoms with Crippen LogP contribution in [0.2, 0.25) is 0 Å². The average molecular weight is 460 g/mol. The molecule has 2 atom stereocenters. The van der Waals surface area contributed by atoms with Gasteiger partial charge in [0.1, 0.15) is 5.60 Å². The maximum Gasteiger partial charge on any atom is 0.453 e. The highest BCUT2D eigenvalue weighted by Crippen LogP contribution is 2.63. The first-order chi connectivity index (χ1) is 14.1. The molecule has 0 N–H and O–H groups in total. The fourth-order valence-corrected chi connectivity index (χ4v) is 5.75. The monoisotopic (exact) mass is 460 g/mol. The molecule has 4 saturated carbocycles. The smallest absolute Gasteiger partial charge is 0.453 e. The van der Waals surface area contributed by atoms with Crippen molar-refractivity contribution in [3.63, 3.8) is 0 Å². The van der Waals surface area contributed by atoms with Gasteiger partial charge in [-0.2, -0.15) is 22.0 Å². The molecule has 11 heteroatoms. The zero-order valence-corrected chi connectivity index (χ0v) is 16.6. The van der Waals surface area contributed by atoms with Crippen molar-refractivity contribution in [3.05, 3.63) is 12.7 Å². The molecule has 0 aromatic carbocycles. The lowest BCUT2D eigenvalue weighted by molar-refractivity contribution is -0.301. The molecule has 4 aliphatic carbocycles. The van der Waals surface area contributed by atoms with E-state index in [-0.39, 0.29) is 18.3 Å². The minimum atomic E-state index is -6.09. The lowest BCUT2D eigenvalue weighted by Crippen LogP contribution is -2.60. The molecule has 2 unspecified atom stereocenters. The number of halogens is 7. The molecule has 176 valence electrons. The van der Waals surface area contributed by atoms with Crippen LogP contribution >= 0.6 is 0 Å². The predicted molar refractivity (Wildman–Crippen MR) is 92.3 cm³/mol. The van der Waals surface area contributed by atoms with Crippen LogP contribution in [0.3, 0.4) is 0 Å². The van der Waals surface area contributed by atoms with E-state index in [1.165, 1.54) is 0 Å². The van der Waals surface area contributed by atoms with Crippen LogP contribution in [0.5, 0.6) is 0 Å². The number of esters is 2. The first kappa shape index (κ1) is 23.8. The van der Waals surface area contributed by atoms with Crippen LogP contribution in [0.15, 0.2) is 12.7 Å². The lowest BCUT2D eigenvalue weighted by atomic mass is 9.48. The number of carbonyl (C=O) groups excluding carboxylic acids is 2. The van der Waals surface area contributed by atoms with Gasteiger partial charge < -0.3 is 9.47 Å². The van der Waals surface area contributed by atoms with E-state index in [0.717, 1.165) is 12.5 Å². The summed E-state index contributed by atoms with van der Waals surface area (Å²) >= 11 is 0. The molecule has 0 saturated heterocycles. The zero-order chi connectivity index (χ0) is 23.3. The molecule has 4 aliphatic rings. The summed E-state index contributed by atoms with van der Waals surface area (Å²) < 4.78 is 100. The second kappa shape index (κ2) is 7.65. The van der Waals surface area contributed by atoms with E-state index in [0.29, 0.717) is 25.7 Å². The number of carbonyl (C=O) groups is 2. The molecule has 0 radical (unpaired) electrons. The minimum absolute atomic E-state index is 0.0818. The molecular weight excluding hydrogens is 437 g/mol. The highest BCUT2D eigenvalue weighted by atomic mass is 19.4. The van der Waals surface area contributed by atoms with Gasteiger partial charge in [0.25, 0.3) is 5.92 Å². The molecule has 0 spiro atoms. The molecule has 4 rings (SSSR count). The standard InChI is InChI=1S/C20H23F7O4/c1-2-14(28)31-17-8-12-5-13(9-17)7-16(6-12,10-17)15(29)30-4-3-18(21,22)11-19(23,24)20(25,26)27/h2,12-13H,1,3-11H2. The predicted octanol–water partition coefficient (Wildman–Crippen LogP) is 5.21. The Morgan fingerprint density at radius 1 is 1.00 bits per heavy atom. The summed E-state index contributed by atoms with van der Waals surface area (Å²) in [6.45, 7) is 2.36. The highest BCUT2D eigenvalue weighted by Gasteiger charge is 2.64. The van der Waals surface area contributed by atoms with E-state index in [1.54, 1.807) is 0 Å². The highest BCUT2D eigenvalue weighted by molar-refractivity contribution is 5.82. The Morgan fingerprint density at radius 2 is 1.58 bits per heavy atom. The van der Waals surface area contributed by atoms with Gasteiger partial charge in [0.2, 0.25) is 0 Å². The number of hydrogen-bond donors (Lipinski definition) is 0. The van der Waals surface area contributed by atoms with Crippen molar-refractivity contribution in [2.24, 2.45) is 17.3 Å². The van der Waals surface area contributed by atoms with E-state index >= 15 is 0 Å². The van der Waals surface area contributed by atoms with Crippen LogP contribution in [-0.4, -0.2) is 42.2 Å². The molecule has 31 heavy (non-hydrogen) atoms. The molecule has 4 bridgehead atoms. The van der Waals surface area contributed by atoms with Gasteiger partial charge >= 0.3 is 24.0 Å². The Morgan fingerprint density at radius 3 is 2.10 bits per heavy atom. The summed E-state index contributed by atoms with van der Waals surface area (Å²) in [7, 11) is 0. The third-order valence-corrected chi connectivity index (χ3v) is 6.52. The zero-order valence-electron chi connectivity index (χ0n) is 16.6. The summed E-state index contributed by atoms with van der Waals surface area (Å²) in [6, 6.07) is 0. The van der Waals surface area contributed by atoms with E-state index < -0.39 is 60.4 Å². The third-order valence-electron chi connectivity index (χ3n) is 6.52. The van der Waals surface area contributed by atoms with Crippen LogP contribution < -0.4 is 0 Å². The SMILES string of the molecule is C=CC(=O)OC12CC3CC(C1)CC(C(=O)OCCC(F)(F)CC(F)(F)C(F)(F)F)(C3)C2. The molecule has 4 nitrogen and oxygen atoms in total. The first-order valence-electron chi connectivity index (χ1n) is 9.96. The van der Waals surface area contributed by atoms with Crippen molar-refractivity contribution in [1.82, 2.24) is 0 Å². The molecule has 0 amide bonds.